The number of aliphatic hydroxyl groups is 2. The number of epoxide rings is 1. The number of cyclic esters (lactones) is 1. The van der Waals surface area contributed by atoms with Crippen LogP contribution >= 0.6 is 0 Å². The molecule has 0 unspecified atom stereocenters. The second kappa shape index (κ2) is 8.59. The van der Waals surface area contributed by atoms with Gasteiger partial charge in [-0.3, -0.25) is 9.59 Å². The minimum absolute atomic E-state index is 0.00182. The van der Waals surface area contributed by atoms with Gasteiger partial charge in [-0.2, -0.15) is 0 Å². The number of methoxy groups -OCH3 is 1. The van der Waals surface area contributed by atoms with Crippen molar-refractivity contribution < 1.29 is 43.9 Å². The Labute approximate surface area is 222 Å². The number of hydrogen-bond donors (Lipinski definition) is 3. The predicted molar refractivity (Wildman–Crippen MR) is 133 cm³/mol. The first-order chi connectivity index (χ1) is 18.0. The van der Waals surface area contributed by atoms with Crippen molar-refractivity contribution >= 4 is 17.7 Å². The summed E-state index contributed by atoms with van der Waals surface area (Å²) >= 11 is 0. The Hall–Kier alpha value is -1.81. The fourth-order valence-corrected chi connectivity index (χ4v) is 10.2. The van der Waals surface area contributed by atoms with E-state index in [1.165, 1.54) is 7.11 Å². The van der Waals surface area contributed by atoms with E-state index < -0.39 is 41.2 Å². The molecule has 0 radical (unpaired) electrons. The smallest absolute Gasteiger partial charge is 0.334 e. The Morgan fingerprint density at radius 1 is 1.18 bits per heavy atom. The van der Waals surface area contributed by atoms with Crippen molar-refractivity contribution in [3.8, 4) is 0 Å². The molecule has 1 spiro atoms. The molecular weight excluding hydrogens is 492 g/mol. The molecule has 12 atom stereocenters. The number of aliphatic carboxylic acids is 1. The van der Waals surface area contributed by atoms with Crippen LogP contribution in [0.3, 0.4) is 0 Å². The first kappa shape index (κ1) is 26.4. The molecule has 0 amide bonds. The van der Waals surface area contributed by atoms with Crippen LogP contribution in [0.15, 0.2) is 11.1 Å². The lowest BCUT2D eigenvalue weighted by Gasteiger charge is -2.58. The van der Waals surface area contributed by atoms with E-state index in [0.29, 0.717) is 24.8 Å². The van der Waals surface area contributed by atoms with E-state index in [2.05, 4.69) is 13.8 Å². The Morgan fingerprint density at radius 3 is 2.58 bits per heavy atom. The van der Waals surface area contributed by atoms with E-state index >= 15 is 0 Å². The normalized spacial score (nSPS) is 50.4. The van der Waals surface area contributed by atoms with E-state index in [4.69, 9.17) is 14.2 Å². The van der Waals surface area contributed by atoms with Gasteiger partial charge >= 0.3 is 11.9 Å². The molecule has 1 saturated heterocycles. The van der Waals surface area contributed by atoms with Crippen molar-refractivity contribution in [2.75, 3.05) is 13.7 Å². The first-order valence-corrected chi connectivity index (χ1v) is 14.1. The average Bonchev–Trinajstić information content (AvgIpc) is 3.51. The van der Waals surface area contributed by atoms with Gasteiger partial charge in [-0.25, -0.2) is 4.79 Å². The van der Waals surface area contributed by atoms with Crippen molar-refractivity contribution in [2.45, 2.75) is 95.7 Å². The highest BCUT2D eigenvalue weighted by Crippen LogP contribution is 2.74. The van der Waals surface area contributed by atoms with Crippen molar-refractivity contribution in [1.82, 2.24) is 0 Å². The molecule has 9 heteroatoms. The van der Waals surface area contributed by atoms with Gasteiger partial charge in [-0.05, 0) is 79.6 Å². The van der Waals surface area contributed by atoms with Gasteiger partial charge in [-0.1, -0.05) is 13.8 Å². The molecular formula is C29H40O9. The topological polar surface area (TPSA) is 143 Å². The molecule has 2 heterocycles. The number of Topliss-reactive ketones (excluding diaryl/α,β-unsaturated/α-hetero) is 1. The van der Waals surface area contributed by atoms with E-state index in [9.17, 15) is 29.7 Å². The summed E-state index contributed by atoms with van der Waals surface area (Å²) in [5.74, 6) is -1.75. The van der Waals surface area contributed by atoms with Crippen LogP contribution in [0.4, 0.5) is 0 Å². The summed E-state index contributed by atoms with van der Waals surface area (Å²) in [4.78, 5) is 39.3. The molecule has 0 bridgehead atoms. The third kappa shape index (κ3) is 3.05. The molecule has 5 fully saturated rings. The highest BCUT2D eigenvalue weighted by Gasteiger charge is 2.86. The lowest BCUT2D eigenvalue weighted by molar-refractivity contribution is -0.201. The number of carbonyl (C=O) groups is 3. The highest BCUT2D eigenvalue weighted by atomic mass is 16.6. The Morgan fingerprint density at radius 2 is 1.92 bits per heavy atom. The van der Waals surface area contributed by atoms with Crippen LogP contribution in [-0.2, 0) is 28.6 Å². The zero-order chi connectivity index (χ0) is 27.4. The second-order valence-electron chi connectivity index (χ2n) is 13.1. The van der Waals surface area contributed by atoms with Crippen LogP contribution in [0.1, 0.15) is 65.7 Å². The van der Waals surface area contributed by atoms with Gasteiger partial charge in [0, 0.05) is 25.5 Å². The fourth-order valence-electron chi connectivity index (χ4n) is 10.2. The Balaban J connectivity index is 1.31. The zero-order valence-electron chi connectivity index (χ0n) is 22.6. The van der Waals surface area contributed by atoms with Crippen LogP contribution in [0.25, 0.3) is 0 Å². The third-order valence-corrected chi connectivity index (χ3v) is 12.1. The molecule has 3 N–H and O–H groups in total. The fraction of sp³-hybridized carbons (Fsp3) is 0.828. The molecule has 0 aromatic carbocycles. The van der Waals surface area contributed by atoms with Crippen molar-refractivity contribution in [1.29, 1.82) is 0 Å². The minimum atomic E-state index is -1.75. The maximum atomic E-state index is 13.7. The largest absolute Gasteiger partial charge is 0.480 e. The number of ether oxygens (including phenoxy) is 3. The Bertz CT molecular complexity index is 1100. The number of aliphatic hydroxyl groups excluding tert-OH is 2. The lowest BCUT2D eigenvalue weighted by atomic mass is 9.43. The van der Waals surface area contributed by atoms with Crippen LogP contribution in [0.2, 0.25) is 0 Å². The van der Waals surface area contributed by atoms with Crippen LogP contribution < -0.4 is 0 Å². The summed E-state index contributed by atoms with van der Waals surface area (Å²) in [7, 11) is 1.44. The van der Waals surface area contributed by atoms with Crippen LogP contribution in [0.5, 0.6) is 0 Å². The van der Waals surface area contributed by atoms with Crippen molar-refractivity contribution in [3.63, 3.8) is 0 Å². The van der Waals surface area contributed by atoms with E-state index in [0.717, 1.165) is 24.8 Å². The van der Waals surface area contributed by atoms with Gasteiger partial charge in [0.15, 0.2) is 11.2 Å². The standard InChI is InChI=1S/C29H40O9/c1-13-15(12-30)9-20(37-25(13)33)14(2)17-5-6-18-16-10-23-29(38-23)24(32)21(36-4)11-22(31)28(29,26(34)35)19(16)7-8-27(17,18)3/h14,16-21,23-24,30,32H,5-12H2,1-4H3,(H,34,35)/t14-,16-,17+,18-,19-,20+,21-,23+,24-,27+,28-,29-/m0/s1. The Kier molecular flexibility index (Phi) is 5.97. The van der Waals surface area contributed by atoms with E-state index in [1.807, 2.05) is 0 Å². The number of esters is 1. The molecule has 6 aliphatic rings. The quantitative estimate of drug-likeness (QED) is 0.276. The third-order valence-electron chi connectivity index (χ3n) is 12.1. The SMILES string of the molecule is CO[C@H]1CC(=O)[C@]2(C(=O)O)[C@H]3CC[C@]4(C)[C@@H]([C@H](C)[C@H]5CC(CO)=C(C)C(=O)O5)CC[C@H]4[C@@H]3C[C@H]3O[C@]32[C@H]1O. The molecule has 9 nitrogen and oxygen atoms in total. The molecule has 0 aromatic heterocycles. The monoisotopic (exact) mass is 532 g/mol. The van der Waals surface area contributed by atoms with Gasteiger partial charge in [-0.15, -0.1) is 0 Å². The zero-order valence-corrected chi connectivity index (χ0v) is 22.6. The molecule has 4 aliphatic carbocycles. The molecule has 6 rings (SSSR count). The van der Waals surface area contributed by atoms with Gasteiger partial charge in [0.2, 0.25) is 0 Å². The number of ketones is 1. The minimum Gasteiger partial charge on any atom is -0.480 e. The molecule has 210 valence electrons. The molecule has 2 aliphatic heterocycles. The van der Waals surface area contributed by atoms with E-state index in [-0.39, 0.29) is 60.0 Å². The van der Waals surface area contributed by atoms with Gasteiger partial charge in [0.25, 0.3) is 0 Å². The predicted octanol–water partition coefficient (Wildman–Crippen LogP) is 2.27. The molecule has 4 saturated carbocycles. The van der Waals surface area contributed by atoms with Crippen molar-refractivity contribution in [2.24, 2.45) is 40.4 Å². The number of carbonyl (C=O) groups excluding carboxylic acids is 2. The number of carboxylic acids is 1. The highest BCUT2D eigenvalue weighted by molar-refractivity contribution is 6.07. The maximum absolute atomic E-state index is 13.7. The molecule has 38 heavy (non-hydrogen) atoms. The number of fused-ring (bicyclic) bond motifs is 4. The summed E-state index contributed by atoms with van der Waals surface area (Å²) in [6.45, 7) is 5.98. The average molecular weight is 533 g/mol. The molecule has 0 aromatic rings. The van der Waals surface area contributed by atoms with Crippen LogP contribution in [0, 0.1) is 40.4 Å². The lowest BCUT2D eigenvalue weighted by Crippen LogP contribution is -2.72. The van der Waals surface area contributed by atoms with Crippen LogP contribution in [-0.4, -0.2) is 76.8 Å². The summed E-state index contributed by atoms with van der Waals surface area (Å²) in [6.07, 6.45) is 1.55. The number of carboxylic acid groups (broad SMARTS) is 1. The van der Waals surface area contributed by atoms with Gasteiger partial charge < -0.3 is 29.5 Å². The maximum Gasteiger partial charge on any atom is 0.334 e. The number of rotatable bonds is 5. The second-order valence-corrected chi connectivity index (χ2v) is 13.1. The first-order valence-electron chi connectivity index (χ1n) is 14.1. The number of hydrogen-bond acceptors (Lipinski definition) is 8. The van der Waals surface area contributed by atoms with Crippen molar-refractivity contribution in [3.05, 3.63) is 11.1 Å². The van der Waals surface area contributed by atoms with Gasteiger partial charge in [0.05, 0.1) is 18.8 Å². The summed E-state index contributed by atoms with van der Waals surface area (Å²) < 4.78 is 17.3. The van der Waals surface area contributed by atoms with E-state index in [1.54, 1.807) is 6.92 Å². The summed E-state index contributed by atoms with van der Waals surface area (Å²) in [5, 5.41) is 31.7. The summed E-state index contributed by atoms with van der Waals surface area (Å²) in [6, 6.07) is 0. The van der Waals surface area contributed by atoms with Gasteiger partial charge in [0.1, 0.15) is 17.8 Å². The summed E-state index contributed by atoms with van der Waals surface area (Å²) in [5.41, 5.74) is -2.02.